The van der Waals surface area contributed by atoms with E-state index in [-0.39, 0.29) is 5.82 Å². The molecule has 1 N–H and O–H groups in total. The van der Waals surface area contributed by atoms with E-state index in [2.05, 4.69) is 12.2 Å². The average molecular weight is 207 g/mol. The quantitative estimate of drug-likeness (QED) is 0.802. The number of halogens is 1. The smallest absolute Gasteiger partial charge is 0.123 e. The van der Waals surface area contributed by atoms with Crippen molar-refractivity contribution in [2.24, 2.45) is 5.41 Å². The monoisotopic (exact) mass is 207 g/mol. The van der Waals surface area contributed by atoms with Gasteiger partial charge in [-0.3, -0.25) is 0 Å². The van der Waals surface area contributed by atoms with E-state index in [1.165, 1.54) is 18.4 Å². The minimum Gasteiger partial charge on any atom is -0.313 e. The van der Waals surface area contributed by atoms with Gasteiger partial charge in [0.2, 0.25) is 0 Å². The highest BCUT2D eigenvalue weighted by Gasteiger charge is 2.45. The van der Waals surface area contributed by atoms with Crippen LogP contribution < -0.4 is 5.32 Å². The Morgan fingerprint density at radius 3 is 2.53 bits per heavy atom. The van der Waals surface area contributed by atoms with E-state index in [1.54, 1.807) is 12.1 Å². The van der Waals surface area contributed by atoms with E-state index >= 15 is 0 Å². The highest BCUT2D eigenvalue weighted by Crippen LogP contribution is 2.54. The molecular weight excluding hydrogens is 189 g/mol. The minimum absolute atomic E-state index is 0.146. The molecule has 0 aliphatic heterocycles. The Morgan fingerprint density at radius 2 is 2.07 bits per heavy atom. The Balaban J connectivity index is 2.34. The fraction of sp³-hybridized carbons (Fsp3) is 0.538. The van der Waals surface area contributed by atoms with Crippen LogP contribution in [0.4, 0.5) is 4.39 Å². The molecular formula is C13H18FN. The highest BCUT2D eigenvalue weighted by molar-refractivity contribution is 5.32. The van der Waals surface area contributed by atoms with Gasteiger partial charge in [0, 0.05) is 6.04 Å². The Bertz CT molecular complexity index is 369. The van der Waals surface area contributed by atoms with E-state index in [0.29, 0.717) is 11.5 Å². The Hall–Kier alpha value is -0.890. The van der Waals surface area contributed by atoms with Gasteiger partial charge in [0.1, 0.15) is 5.82 Å². The molecule has 0 amide bonds. The molecule has 0 heterocycles. The van der Waals surface area contributed by atoms with Gasteiger partial charge in [0.05, 0.1) is 0 Å². The molecule has 1 aliphatic rings. The normalized spacial score (nSPS) is 20.0. The van der Waals surface area contributed by atoms with Gasteiger partial charge in [-0.1, -0.05) is 13.0 Å². The van der Waals surface area contributed by atoms with Gasteiger partial charge in [-0.25, -0.2) is 4.39 Å². The third kappa shape index (κ3) is 1.91. The van der Waals surface area contributed by atoms with E-state index in [0.717, 1.165) is 5.56 Å². The fourth-order valence-corrected chi connectivity index (χ4v) is 2.33. The Morgan fingerprint density at radius 1 is 1.40 bits per heavy atom. The summed E-state index contributed by atoms with van der Waals surface area (Å²) in [5.41, 5.74) is 2.65. The van der Waals surface area contributed by atoms with Gasteiger partial charge in [-0.15, -0.1) is 0 Å². The maximum atomic E-state index is 13.0. The van der Waals surface area contributed by atoms with E-state index in [9.17, 15) is 4.39 Å². The molecule has 1 aliphatic carbocycles. The lowest BCUT2D eigenvalue weighted by atomic mass is 9.89. The minimum atomic E-state index is -0.146. The van der Waals surface area contributed by atoms with Gasteiger partial charge >= 0.3 is 0 Å². The van der Waals surface area contributed by atoms with Gasteiger partial charge in [0.25, 0.3) is 0 Å². The second kappa shape index (κ2) is 3.60. The zero-order valence-electron chi connectivity index (χ0n) is 9.60. The summed E-state index contributed by atoms with van der Waals surface area (Å²) in [6.45, 7) is 4.27. The van der Waals surface area contributed by atoms with Crippen LogP contribution in [0.5, 0.6) is 0 Å². The SMILES string of the molecule is CNC(c1ccc(F)cc1C)C1(C)CC1. The summed E-state index contributed by atoms with van der Waals surface area (Å²) in [5.74, 6) is -0.146. The lowest BCUT2D eigenvalue weighted by Gasteiger charge is -2.25. The molecule has 1 unspecified atom stereocenters. The zero-order valence-corrected chi connectivity index (χ0v) is 9.60. The summed E-state index contributed by atoms with van der Waals surface area (Å²) in [6.07, 6.45) is 2.52. The molecule has 82 valence electrons. The third-order valence-corrected chi connectivity index (χ3v) is 3.57. The number of aryl methyl sites for hydroxylation is 1. The van der Waals surface area contributed by atoms with Crippen LogP contribution in [-0.2, 0) is 0 Å². The number of nitrogens with one attached hydrogen (secondary N) is 1. The molecule has 1 aromatic rings. The number of hydrogen-bond acceptors (Lipinski definition) is 1. The largest absolute Gasteiger partial charge is 0.313 e. The standard InChI is InChI=1S/C13H18FN/c1-9-8-10(14)4-5-11(9)12(15-3)13(2)6-7-13/h4-5,8,12,15H,6-7H2,1-3H3. The second-order valence-electron chi connectivity index (χ2n) is 4.88. The molecule has 0 bridgehead atoms. The lowest BCUT2D eigenvalue weighted by molar-refractivity contribution is 0.388. The molecule has 0 spiro atoms. The fourth-order valence-electron chi connectivity index (χ4n) is 2.33. The third-order valence-electron chi connectivity index (χ3n) is 3.57. The van der Waals surface area contributed by atoms with Crippen LogP contribution in [0.25, 0.3) is 0 Å². The van der Waals surface area contributed by atoms with Crippen LogP contribution in [0, 0.1) is 18.2 Å². The molecule has 0 aromatic heterocycles. The first-order valence-electron chi connectivity index (χ1n) is 5.50. The van der Waals surface area contributed by atoms with Gasteiger partial charge in [-0.2, -0.15) is 0 Å². The summed E-state index contributed by atoms with van der Waals surface area (Å²) in [6, 6.07) is 5.44. The van der Waals surface area contributed by atoms with Crippen molar-refractivity contribution in [3.05, 3.63) is 35.1 Å². The number of rotatable bonds is 3. The molecule has 0 radical (unpaired) electrons. The second-order valence-corrected chi connectivity index (χ2v) is 4.88. The molecule has 2 heteroatoms. The van der Waals surface area contributed by atoms with Crippen molar-refractivity contribution in [2.45, 2.75) is 32.7 Å². The van der Waals surface area contributed by atoms with Crippen molar-refractivity contribution >= 4 is 0 Å². The maximum absolute atomic E-state index is 13.0. The zero-order chi connectivity index (χ0) is 11.1. The van der Waals surface area contributed by atoms with Crippen molar-refractivity contribution in [3.63, 3.8) is 0 Å². The van der Waals surface area contributed by atoms with Crippen LogP contribution in [0.15, 0.2) is 18.2 Å². The predicted molar refractivity (Wildman–Crippen MR) is 60.3 cm³/mol. The molecule has 2 rings (SSSR count). The van der Waals surface area contributed by atoms with Crippen molar-refractivity contribution in [3.8, 4) is 0 Å². The summed E-state index contributed by atoms with van der Waals surface area (Å²) in [5, 5.41) is 3.36. The topological polar surface area (TPSA) is 12.0 Å². The number of hydrogen-bond donors (Lipinski definition) is 1. The predicted octanol–water partition coefficient (Wildman–Crippen LogP) is 3.19. The van der Waals surface area contributed by atoms with E-state index in [4.69, 9.17) is 0 Å². The van der Waals surface area contributed by atoms with Gasteiger partial charge in [0.15, 0.2) is 0 Å². The van der Waals surface area contributed by atoms with Crippen LogP contribution >= 0.6 is 0 Å². The molecule has 1 aromatic carbocycles. The first-order chi connectivity index (χ1) is 7.07. The highest BCUT2D eigenvalue weighted by atomic mass is 19.1. The molecule has 1 nitrogen and oxygen atoms in total. The number of benzene rings is 1. The summed E-state index contributed by atoms with van der Waals surface area (Å²) < 4.78 is 13.0. The van der Waals surface area contributed by atoms with Crippen molar-refractivity contribution in [1.82, 2.24) is 5.32 Å². The first kappa shape index (κ1) is 10.6. The van der Waals surface area contributed by atoms with E-state index < -0.39 is 0 Å². The van der Waals surface area contributed by atoms with Crippen LogP contribution in [0.2, 0.25) is 0 Å². The molecule has 15 heavy (non-hydrogen) atoms. The lowest BCUT2D eigenvalue weighted by Crippen LogP contribution is -2.25. The van der Waals surface area contributed by atoms with Crippen LogP contribution in [-0.4, -0.2) is 7.05 Å². The first-order valence-corrected chi connectivity index (χ1v) is 5.50. The molecule has 0 saturated heterocycles. The van der Waals surface area contributed by atoms with Crippen LogP contribution in [0.3, 0.4) is 0 Å². The van der Waals surface area contributed by atoms with Crippen molar-refractivity contribution < 1.29 is 4.39 Å². The molecule has 1 saturated carbocycles. The van der Waals surface area contributed by atoms with Gasteiger partial charge < -0.3 is 5.32 Å². The maximum Gasteiger partial charge on any atom is 0.123 e. The molecule has 1 fully saturated rings. The summed E-state index contributed by atoms with van der Waals surface area (Å²) in [7, 11) is 1.98. The average Bonchev–Trinajstić information content (AvgIpc) is 2.90. The van der Waals surface area contributed by atoms with Gasteiger partial charge in [-0.05, 0) is 55.5 Å². The summed E-state index contributed by atoms with van der Waals surface area (Å²) >= 11 is 0. The Kier molecular flexibility index (Phi) is 2.55. The Labute approximate surface area is 90.7 Å². The van der Waals surface area contributed by atoms with Crippen LogP contribution in [0.1, 0.15) is 36.9 Å². The summed E-state index contributed by atoms with van der Waals surface area (Å²) in [4.78, 5) is 0. The van der Waals surface area contributed by atoms with E-state index in [1.807, 2.05) is 20.0 Å². The molecule has 1 atom stereocenters. The van der Waals surface area contributed by atoms with Crippen molar-refractivity contribution in [1.29, 1.82) is 0 Å². The van der Waals surface area contributed by atoms with Crippen molar-refractivity contribution in [2.75, 3.05) is 7.05 Å².